The van der Waals surface area contributed by atoms with Crippen molar-refractivity contribution in [3.8, 4) is 11.5 Å². The second kappa shape index (κ2) is 13.9. The first-order valence-electron chi connectivity index (χ1n) is 15.3. The molecule has 5 rings (SSSR count). The summed E-state index contributed by atoms with van der Waals surface area (Å²) in [4.78, 5) is 2.74. The van der Waals surface area contributed by atoms with Crippen molar-refractivity contribution in [2.24, 2.45) is 0 Å². The minimum atomic E-state index is 0.0289. The molecule has 3 nitrogen and oxygen atoms in total. The number of hydrogen-bond acceptors (Lipinski definition) is 3. The monoisotopic (exact) mass is 547 g/mol. The Bertz CT molecular complexity index is 1310. The molecule has 0 spiro atoms. The average Bonchev–Trinajstić information content (AvgIpc) is 3.04. The molecule has 1 heterocycles. The summed E-state index contributed by atoms with van der Waals surface area (Å²) in [7, 11) is 3.47. The van der Waals surface area contributed by atoms with Gasteiger partial charge in [0.2, 0.25) is 0 Å². The summed E-state index contributed by atoms with van der Waals surface area (Å²) >= 11 is 0. The number of nitrogens with zero attached hydrogens (tertiary/aromatic N) is 1. The lowest BCUT2D eigenvalue weighted by Crippen LogP contribution is -2.37. The van der Waals surface area contributed by atoms with Crippen LogP contribution in [0.5, 0.6) is 11.5 Å². The van der Waals surface area contributed by atoms with E-state index in [0.717, 1.165) is 69.5 Å². The molecule has 0 aliphatic carbocycles. The lowest BCUT2D eigenvalue weighted by molar-refractivity contribution is 0.167. The molecular formula is C38H45NO2. The number of fused-ring (bicyclic) bond motifs is 1. The molecule has 1 atom stereocenters. The Hall–Kier alpha value is -3.56. The van der Waals surface area contributed by atoms with Gasteiger partial charge in [0.1, 0.15) is 0 Å². The first-order chi connectivity index (χ1) is 20.2. The topological polar surface area (TPSA) is 21.7 Å². The lowest BCUT2D eigenvalue weighted by Gasteiger charge is -2.40. The Kier molecular flexibility index (Phi) is 9.80. The van der Waals surface area contributed by atoms with Gasteiger partial charge in [0.05, 0.1) is 14.2 Å². The fourth-order valence-electron chi connectivity index (χ4n) is 7.03. The van der Waals surface area contributed by atoms with Crippen molar-refractivity contribution in [2.45, 2.75) is 63.3 Å². The zero-order valence-corrected chi connectivity index (χ0v) is 25.0. The van der Waals surface area contributed by atoms with Crippen LogP contribution < -0.4 is 9.47 Å². The third-order valence-corrected chi connectivity index (χ3v) is 9.04. The number of rotatable bonds is 13. The lowest BCUT2D eigenvalue weighted by atomic mass is 9.68. The fourth-order valence-corrected chi connectivity index (χ4v) is 7.03. The van der Waals surface area contributed by atoms with Gasteiger partial charge >= 0.3 is 0 Å². The predicted molar refractivity (Wildman–Crippen MR) is 170 cm³/mol. The molecule has 0 aromatic heterocycles. The first kappa shape index (κ1) is 29.0. The molecule has 0 amide bonds. The molecular weight excluding hydrogens is 502 g/mol. The van der Waals surface area contributed by atoms with Crippen molar-refractivity contribution in [1.29, 1.82) is 0 Å². The van der Waals surface area contributed by atoms with Crippen LogP contribution >= 0.6 is 0 Å². The van der Waals surface area contributed by atoms with E-state index in [1.54, 1.807) is 14.2 Å². The van der Waals surface area contributed by atoms with E-state index in [-0.39, 0.29) is 5.41 Å². The van der Waals surface area contributed by atoms with Crippen LogP contribution in [0.15, 0.2) is 103 Å². The normalized spacial score (nSPS) is 15.3. The second-order valence-corrected chi connectivity index (χ2v) is 11.4. The highest BCUT2D eigenvalue weighted by molar-refractivity contribution is 5.49. The zero-order valence-electron chi connectivity index (χ0n) is 25.0. The molecule has 41 heavy (non-hydrogen) atoms. The molecule has 1 aliphatic rings. The van der Waals surface area contributed by atoms with Crippen LogP contribution in [0.1, 0.15) is 72.9 Å². The van der Waals surface area contributed by atoms with E-state index in [1.807, 2.05) is 0 Å². The minimum Gasteiger partial charge on any atom is -0.493 e. The van der Waals surface area contributed by atoms with Crippen LogP contribution in [0.2, 0.25) is 0 Å². The van der Waals surface area contributed by atoms with Gasteiger partial charge in [0, 0.05) is 18.0 Å². The molecule has 0 saturated carbocycles. The van der Waals surface area contributed by atoms with E-state index in [9.17, 15) is 0 Å². The van der Waals surface area contributed by atoms with Crippen LogP contribution in [-0.2, 0) is 18.3 Å². The maximum absolute atomic E-state index is 5.76. The highest BCUT2D eigenvalue weighted by Crippen LogP contribution is 2.43. The summed E-state index contributed by atoms with van der Waals surface area (Å²) in [5, 5.41) is 0. The Morgan fingerprint density at radius 3 is 1.93 bits per heavy atom. The third kappa shape index (κ3) is 6.52. The van der Waals surface area contributed by atoms with Gasteiger partial charge < -0.3 is 9.47 Å². The summed E-state index contributed by atoms with van der Waals surface area (Å²) in [5.74, 6) is 1.66. The number of ether oxygens (including phenoxy) is 2. The van der Waals surface area contributed by atoms with Gasteiger partial charge in [-0.3, -0.25) is 4.90 Å². The molecule has 1 aliphatic heterocycles. The van der Waals surface area contributed by atoms with Crippen molar-refractivity contribution in [2.75, 3.05) is 27.3 Å². The van der Waals surface area contributed by atoms with Gasteiger partial charge in [0.25, 0.3) is 0 Å². The van der Waals surface area contributed by atoms with E-state index in [1.165, 1.54) is 27.8 Å². The molecule has 0 N–H and O–H groups in total. The summed E-state index contributed by atoms with van der Waals surface area (Å²) in [6.45, 7) is 4.47. The average molecular weight is 548 g/mol. The van der Waals surface area contributed by atoms with E-state index >= 15 is 0 Å². The number of aryl methyl sites for hydroxylation is 1. The molecule has 4 aromatic rings. The Balaban J connectivity index is 1.41. The highest BCUT2D eigenvalue weighted by Gasteiger charge is 2.34. The maximum atomic E-state index is 5.76. The third-order valence-electron chi connectivity index (χ3n) is 9.04. The van der Waals surface area contributed by atoms with Crippen LogP contribution in [0.25, 0.3) is 0 Å². The van der Waals surface area contributed by atoms with Crippen LogP contribution in [-0.4, -0.2) is 32.2 Å². The van der Waals surface area contributed by atoms with Crippen LogP contribution in [0, 0.1) is 0 Å². The molecule has 3 heteroatoms. The van der Waals surface area contributed by atoms with Gasteiger partial charge in [-0.1, -0.05) is 104 Å². The standard InChI is InChI=1S/C38H45NO2/c1-4-24-38(32-17-10-6-11-18-32,33-19-12-7-13-20-33)25-14-26-39-27-23-31-28-36(40-2)37(41-3)29-34(31)35(39)22-21-30-15-8-5-9-16-30/h5-13,15-20,28-29,35H,4,14,21-27H2,1-3H3. The van der Waals surface area contributed by atoms with E-state index in [2.05, 4.69) is 115 Å². The Morgan fingerprint density at radius 2 is 1.34 bits per heavy atom. The van der Waals surface area contributed by atoms with Gasteiger partial charge in [0.15, 0.2) is 11.5 Å². The van der Waals surface area contributed by atoms with Crippen molar-refractivity contribution in [1.82, 2.24) is 4.90 Å². The maximum Gasteiger partial charge on any atom is 0.161 e. The van der Waals surface area contributed by atoms with Gasteiger partial charge in [-0.2, -0.15) is 0 Å². The van der Waals surface area contributed by atoms with Gasteiger partial charge in [-0.25, -0.2) is 0 Å². The fraction of sp³-hybridized carbons (Fsp3) is 0.368. The van der Waals surface area contributed by atoms with E-state index in [0.29, 0.717) is 6.04 Å². The summed E-state index contributed by atoms with van der Waals surface area (Å²) in [5.41, 5.74) is 7.10. The van der Waals surface area contributed by atoms with Crippen molar-refractivity contribution < 1.29 is 9.47 Å². The largest absolute Gasteiger partial charge is 0.493 e. The van der Waals surface area contributed by atoms with Gasteiger partial charge in [-0.15, -0.1) is 0 Å². The summed E-state index contributed by atoms with van der Waals surface area (Å²) in [6.07, 6.45) is 7.77. The highest BCUT2D eigenvalue weighted by atomic mass is 16.5. The van der Waals surface area contributed by atoms with Crippen molar-refractivity contribution in [3.05, 3.63) is 131 Å². The van der Waals surface area contributed by atoms with Crippen molar-refractivity contribution >= 4 is 0 Å². The predicted octanol–water partition coefficient (Wildman–Crippen LogP) is 8.80. The summed E-state index contributed by atoms with van der Waals surface area (Å²) in [6, 6.07) is 38.1. The quantitative estimate of drug-likeness (QED) is 0.167. The molecule has 0 fully saturated rings. The second-order valence-electron chi connectivity index (χ2n) is 11.4. The van der Waals surface area contributed by atoms with Gasteiger partial charge in [-0.05, 0) is 85.0 Å². The van der Waals surface area contributed by atoms with E-state index in [4.69, 9.17) is 9.47 Å². The van der Waals surface area contributed by atoms with Crippen LogP contribution in [0.3, 0.4) is 0 Å². The minimum absolute atomic E-state index is 0.0289. The SMILES string of the molecule is CCCC(CCCN1CCc2cc(OC)c(OC)cc2C1CCc1ccccc1)(c1ccccc1)c1ccccc1. The smallest absolute Gasteiger partial charge is 0.161 e. The van der Waals surface area contributed by atoms with Crippen molar-refractivity contribution in [3.63, 3.8) is 0 Å². The molecule has 4 aromatic carbocycles. The summed E-state index contributed by atoms with van der Waals surface area (Å²) < 4.78 is 11.4. The van der Waals surface area contributed by atoms with E-state index < -0.39 is 0 Å². The number of methoxy groups -OCH3 is 2. The number of hydrogen-bond donors (Lipinski definition) is 0. The molecule has 214 valence electrons. The molecule has 0 saturated heterocycles. The molecule has 0 bridgehead atoms. The Morgan fingerprint density at radius 1 is 0.756 bits per heavy atom. The number of benzene rings is 4. The molecule has 0 radical (unpaired) electrons. The van der Waals surface area contributed by atoms with Crippen LogP contribution in [0.4, 0.5) is 0 Å². The zero-order chi connectivity index (χ0) is 28.5. The first-order valence-corrected chi connectivity index (χ1v) is 15.3. The molecule has 1 unspecified atom stereocenters. The Labute approximate surface area is 247 Å².